The molecule has 0 bridgehead atoms. The van der Waals surface area contributed by atoms with Crippen LogP contribution in [0.4, 0.5) is 4.79 Å². The average Bonchev–Trinajstić information content (AvgIpc) is 1.78. The van der Waals surface area contributed by atoms with Gasteiger partial charge in [0.15, 0.2) is 0 Å². The van der Waals surface area contributed by atoms with Gasteiger partial charge in [0.2, 0.25) is 0 Å². The number of carbonyl (C=O) groups excluding carboxylic acids is 1. The van der Waals surface area contributed by atoms with Crippen molar-refractivity contribution in [3.8, 4) is 0 Å². The summed E-state index contributed by atoms with van der Waals surface area (Å²) in [6, 6.07) is -1.53. The lowest BCUT2D eigenvalue weighted by Crippen LogP contribution is -2.38. The third kappa shape index (κ3) is 6.59. The largest absolute Gasteiger partial charge is 0.366 e. The molecule has 2 N–H and O–H groups in total. The lowest BCUT2D eigenvalue weighted by atomic mass is 11.1. The summed E-state index contributed by atoms with van der Waals surface area (Å²) in [6.45, 7) is 0. The van der Waals surface area contributed by atoms with Crippen LogP contribution in [-0.4, -0.2) is 40.6 Å². The SMILES string of the molecule is CS(=O)(=O)ON(OS(C)(=O)=O)C(N)=O. The fourth-order valence-electron chi connectivity index (χ4n) is 0.332. The quantitative estimate of drug-likeness (QED) is 0.577. The average molecular weight is 248 g/mol. The first-order valence-corrected chi connectivity index (χ1v) is 6.53. The molecule has 0 saturated heterocycles. The highest BCUT2D eigenvalue weighted by Crippen LogP contribution is 2.01. The molecule has 0 aliphatic rings. The predicted molar refractivity (Wildman–Crippen MR) is 43.3 cm³/mol. The number of carbonyl (C=O) groups is 1. The lowest BCUT2D eigenvalue weighted by Gasteiger charge is -2.13. The summed E-state index contributed by atoms with van der Waals surface area (Å²) in [5, 5.41) is -0.454. The van der Waals surface area contributed by atoms with Gasteiger partial charge in [-0.1, -0.05) is 0 Å². The molecular weight excluding hydrogens is 240 g/mol. The molecule has 0 aromatic carbocycles. The van der Waals surface area contributed by atoms with E-state index in [1.807, 2.05) is 0 Å². The molecule has 0 aliphatic heterocycles. The molecule has 0 aromatic heterocycles. The number of hydrogen-bond acceptors (Lipinski definition) is 7. The Balaban J connectivity index is 4.73. The van der Waals surface area contributed by atoms with E-state index in [1.165, 1.54) is 0 Å². The molecule has 14 heavy (non-hydrogen) atoms. The maximum absolute atomic E-state index is 10.5. The molecule has 84 valence electrons. The van der Waals surface area contributed by atoms with E-state index in [2.05, 4.69) is 14.3 Å². The molecule has 0 heterocycles. The number of rotatable bonds is 4. The summed E-state index contributed by atoms with van der Waals surface area (Å²) < 4.78 is 49.6. The molecular formula is C3H8N2O7S2. The Morgan fingerprint density at radius 2 is 1.36 bits per heavy atom. The van der Waals surface area contributed by atoms with Gasteiger partial charge in [-0.2, -0.15) is 16.8 Å². The molecule has 0 atom stereocenters. The fourth-order valence-corrected chi connectivity index (χ4v) is 1.07. The highest BCUT2D eigenvalue weighted by atomic mass is 32.2. The van der Waals surface area contributed by atoms with Crippen molar-refractivity contribution in [1.29, 1.82) is 0 Å². The van der Waals surface area contributed by atoms with Gasteiger partial charge in [-0.3, -0.25) is 0 Å². The Kier molecular flexibility index (Phi) is 3.81. The highest BCUT2D eigenvalue weighted by Gasteiger charge is 2.22. The van der Waals surface area contributed by atoms with Crippen molar-refractivity contribution in [2.24, 2.45) is 5.73 Å². The number of hydroxylamine groups is 2. The van der Waals surface area contributed by atoms with Gasteiger partial charge >= 0.3 is 6.03 Å². The van der Waals surface area contributed by atoms with Gasteiger partial charge in [0.05, 0.1) is 12.5 Å². The van der Waals surface area contributed by atoms with Crippen molar-refractivity contribution in [1.82, 2.24) is 5.23 Å². The van der Waals surface area contributed by atoms with E-state index in [9.17, 15) is 21.6 Å². The smallest absolute Gasteiger partial charge is 0.348 e. The van der Waals surface area contributed by atoms with Crippen LogP contribution >= 0.6 is 0 Å². The van der Waals surface area contributed by atoms with Crippen LogP contribution in [0.25, 0.3) is 0 Å². The molecule has 0 aliphatic carbocycles. The van der Waals surface area contributed by atoms with Crippen LogP contribution in [0.3, 0.4) is 0 Å². The minimum Gasteiger partial charge on any atom is -0.348 e. The molecule has 0 unspecified atom stereocenters. The van der Waals surface area contributed by atoms with E-state index in [0.717, 1.165) is 0 Å². The summed E-state index contributed by atoms with van der Waals surface area (Å²) in [5.74, 6) is 0. The van der Waals surface area contributed by atoms with Crippen molar-refractivity contribution in [3.63, 3.8) is 0 Å². The van der Waals surface area contributed by atoms with Crippen molar-refractivity contribution >= 4 is 26.3 Å². The van der Waals surface area contributed by atoms with Crippen LogP contribution < -0.4 is 5.73 Å². The zero-order valence-corrected chi connectivity index (χ0v) is 8.83. The van der Waals surface area contributed by atoms with Crippen LogP contribution in [0, 0.1) is 0 Å². The zero-order chi connectivity index (χ0) is 11.6. The summed E-state index contributed by atoms with van der Waals surface area (Å²) in [7, 11) is -8.21. The third-order valence-electron chi connectivity index (χ3n) is 0.586. The first-order valence-electron chi connectivity index (χ1n) is 2.90. The van der Waals surface area contributed by atoms with Crippen LogP contribution in [-0.2, 0) is 28.8 Å². The number of primary amides is 1. The number of amides is 2. The molecule has 9 nitrogen and oxygen atoms in total. The number of nitrogens with two attached hydrogens (primary N) is 1. The summed E-state index contributed by atoms with van der Waals surface area (Å²) in [6.07, 6.45) is 1.16. The van der Waals surface area contributed by atoms with Gasteiger partial charge in [-0.15, -0.1) is 8.57 Å². The van der Waals surface area contributed by atoms with E-state index in [1.54, 1.807) is 0 Å². The highest BCUT2D eigenvalue weighted by molar-refractivity contribution is 7.86. The van der Waals surface area contributed by atoms with E-state index in [-0.39, 0.29) is 0 Å². The summed E-state index contributed by atoms with van der Waals surface area (Å²) in [4.78, 5) is 10.4. The van der Waals surface area contributed by atoms with Gasteiger partial charge in [-0.25, -0.2) is 4.79 Å². The van der Waals surface area contributed by atoms with Gasteiger partial charge in [0, 0.05) is 0 Å². The van der Waals surface area contributed by atoms with Crippen molar-refractivity contribution in [3.05, 3.63) is 0 Å². The second kappa shape index (κ2) is 4.08. The Labute approximate surface area is 80.5 Å². The second-order valence-corrected chi connectivity index (χ2v) is 5.27. The topological polar surface area (TPSA) is 133 Å². The van der Waals surface area contributed by atoms with Crippen LogP contribution in [0.15, 0.2) is 0 Å². The Hall–Kier alpha value is -0.910. The summed E-state index contributed by atoms with van der Waals surface area (Å²) in [5.41, 5.74) is 4.56. The molecule has 11 heteroatoms. The van der Waals surface area contributed by atoms with E-state index in [4.69, 9.17) is 0 Å². The molecule has 0 aromatic rings. The first-order chi connectivity index (χ1) is 6.01. The minimum absolute atomic E-state index is 0.454. The molecule has 0 saturated carbocycles. The fraction of sp³-hybridized carbons (Fsp3) is 0.667. The van der Waals surface area contributed by atoms with Gasteiger partial charge in [-0.05, 0) is 5.23 Å². The molecule has 2 amide bonds. The molecule has 0 radical (unpaired) electrons. The predicted octanol–water partition coefficient (Wildman–Crippen LogP) is -1.85. The molecule has 0 rings (SSSR count). The van der Waals surface area contributed by atoms with Crippen molar-refractivity contribution in [2.75, 3.05) is 12.5 Å². The zero-order valence-electron chi connectivity index (χ0n) is 7.20. The Morgan fingerprint density at radius 1 is 1.07 bits per heavy atom. The van der Waals surface area contributed by atoms with Gasteiger partial charge in [0.25, 0.3) is 20.2 Å². The number of hydrogen-bond donors (Lipinski definition) is 1. The monoisotopic (exact) mass is 248 g/mol. The number of nitrogens with zero attached hydrogens (tertiary/aromatic N) is 1. The van der Waals surface area contributed by atoms with Crippen LogP contribution in [0.1, 0.15) is 0 Å². The van der Waals surface area contributed by atoms with Crippen molar-refractivity contribution < 1.29 is 30.2 Å². The lowest BCUT2D eigenvalue weighted by molar-refractivity contribution is -0.197. The third-order valence-corrected chi connectivity index (χ3v) is 1.40. The van der Waals surface area contributed by atoms with Crippen molar-refractivity contribution in [2.45, 2.75) is 0 Å². The van der Waals surface area contributed by atoms with Crippen LogP contribution in [0.5, 0.6) is 0 Å². The Morgan fingerprint density at radius 3 is 1.50 bits per heavy atom. The summed E-state index contributed by atoms with van der Waals surface area (Å²) >= 11 is 0. The second-order valence-electron chi connectivity index (χ2n) is 2.15. The maximum atomic E-state index is 10.5. The van der Waals surface area contributed by atoms with E-state index < -0.39 is 31.5 Å². The molecule has 0 fully saturated rings. The standard InChI is InChI=1S/C3H8N2O7S2/c1-13(7,8)11-5(3(4)6)12-14(2,9)10/h1-2H3,(H2,4,6). The first kappa shape index (κ1) is 13.1. The maximum Gasteiger partial charge on any atom is 0.366 e. The van der Waals surface area contributed by atoms with E-state index >= 15 is 0 Å². The van der Waals surface area contributed by atoms with E-state index in [0.29, 0.717) is 12.5 Å². The molecule has 0 spiro atoms. The normalized spacial score (nSPS) is 12.4. The van der Waals surface area contributed by atoms with Gasteiger partial charge in [0.1, 0.15) is 0 Å². The Bertz CT molecular complexity index is 374. The van der Waals surface area contributed by atoms with Crippen LogP contribution in [0.2, 0.25) is 0 Å². The number of urea groups is 1. The minimum atomic E-state index is -4.11. The van der Waals surface area contributed by atoms with Gasteiger partial charge < -0.3 is 5.73 Å².